The van der Waals surface area contributed by atoms with Crippen molar-refractivity contribution in [3.63, 3.8) is 0 Å². The first kappa shape index (κ1) is 13.6. The molecule has 4 N–H and O–H groups in total. The molecule has 2 rings (SSSR count). The average Bonchev–Trinajstić information content (AvgIpc) is 2.36. The Morgan fingerprint density at radius 3 is 2.74 bits per heavy atom. The molecule has 0 spiro atoms. The zero-order valence-corrected chi connectivity index (χ0v) is 11.0. The molecule has 0 saturated carbocycles. The topological polar surface area (TPSA) is 94.2 Å². The smallest absolute Gasteiger partial charge is 0.251 e. The normalized spacial score (nSPS) is 17.9. The van der Waals surface area contributed by atoms with Gasteiger partial charge in [-0.2, -0.15) is 0 Å². The first-order valence-corrected chi connectivity index (χ1v) is 6.41. The van der Waals surface area contributed by atoms with Crippen LogP contribution in [0, 0.1) is 5.41 Å². The molecule has 1 amide bonds. The number of aromatic hydroxyl groups is 1. The molecule has 104 valence electrons. The van der Waals surface area contributed by atoms with Gasteiger partial charge in [0.25, 0.3) is 11.5 Å². The van der Waals surface area contributed by atoms with Crippen molar-refractivity contribution < 1.29 is 9.90 Å². The van der Waals surface area contributed by atoms with Crippen molar-refractivity contribution in [3.05, 3.63) is 28.0 Å². The number of carbonyl (C=O) groups excluding carboxylic acids is 1. The van der Waals surface area contributed by atoms with Gasteiger partial charge in [-0.25, -0.2) is 0 Å². The molecule has 0 bridgehead atoms. The Morgan fingerprint density at radius 1 is 1.42 bits per heavy atom. The van der Waals surface area contributed by atoms with Crippen LogP contribution in [0.15, 0.2) is 16.9 Å². The van der Waals surface area contributed by atoms with E-state index in [0.717, 1.165) is 25.9 Å². The summed E-state index contributed by atoms with van der Waals surface area (Å²) < 4.78 is 0. The molecule has 0 aromatic carbocycles. The minimum absolute atomic E-state index is 0.0875. The lowest BCUT2D eigenvalue weighted by Gasteiger charge is -2.34. The van der Waals surface area contributed by atoms with Gasteiger partial charge in [-0.1, -0.05) is 6.92 Å². The molecule has 0 aliphatic carbocycles. The second-order valence-corrected chi connectivity index (χ2v) is 5.36. The minimum Gasteiger partial charge on any atom is -0.494 e. The molecule has 1 fully saturated rings. The third kappa shape index (κ3) is 3.57. The Morgan fingerprint density at radius 2 is 2.11 bits per heavy atom. The van der Waals surface area contributed by atoms with Crippen LogP contribution in [0.1, 0.15) is 30.1 Å². The van der Waals surface area contributed by atoms with Gasteiger partial charge in [0.05, 0.1) is 5.56 Å². The summed E-state index contributed by atoms with van der Waals surface area (Å²) in [4.78, 5) is 25.3. The van der Waals surface area contributed by atoms with Crippen molar-refractivity contribution in [2.24, 2.45) is 5.41 Å². The number of H-pyrrole nitrogens is 1. The number of pyridine rings is 1. The second kappa shape index (κ2) is 5.44. The molecule has 0 atom stereocenters. The van der Waals surface area contributed by atoms with Gasteiger partial charge in [0.2, 0.25) is 0 Å². The Hall–Kier alpha value is -1.82. The summed E-state index contributed by atoms with van der Waals surface area (Å²) in [5, 5.41) is 15.4. The number of piperidine rings is 1. The highest BCUT2D eigenvalue weighted by molar-refractivity contribution is 5.94. The largest absolute Gasteiger partial charge is 0.494 e. The number of carbonyl (C=O) groups is 1. The van der Waals surface area contributed by atoms with E-state index in [1.165, 1.54) is 12.1 Å². The van der Waals surface area contributed by atoms with E-state index < -0.39 is 5.56 Å². The standard InChI is InChI=1S/C13H19N3O3/c1-13(2-4-14-5-3-13)8-15-12(19)9-6-10(17)16-11(18)7-9/h6-7,14H,2-5,8H2,1H3,(H,15,19)(H2,16,17,18). The van der Waals surface area contributed by atoms with Crippen LogP contribution in [0.3, 0.4) is 0 Å². The van der Waals surface area contributed by atoms with Crippen LogP contribution in [0.2, 0.25) is 0 Å². The van der Waals surface area contributed by atoms with Gasteiger partial charge in [-0.3, -0.25) is 14.6 Å². The maximum absolute atomic E-state index is 11.9. The van der Waals surface area contributed by atoms with Gasteiger partial charge in [0.1, 0.15) is 0 Å². The summed E-state index contributed by atoms with van der Waals surface area (Å²) >= 11 is 0. The fourth-order valence-corrected chi connectivity index (χ4v) is 2.26. The fourth-order valence-electron chi connectivity index (χ4n) is 2.26. The number of rotatable bonds is 3. The molecular formula is C13H19N3O3. The highest BCUT2D eigenvalue weighted by atomic mass is 16.3. The molecule has 2 heterocycles. The predicted octanol–water partition coefficient (Wildman–Crippen LogP) is 0.200. The number of amides is 1. The van der Waals surface area contributed by atoms with E-state index in [2.05, 4.69) is 22.5 Å². The highest BCUT2D eigenvalue weighted by Crippen LogP contribution is 2.26. The lowest BCUT2D eigenvalue weighted by molar-refractivity contribution is 0.0921. The van der Waals surface area contributed by atoms with Crippen molar-refractivity contribution in [2.45, 2.75) is 19.8 Å². The van der Waals surface area contributed by atoms with Crippen molar-refractivity contribution in [1.29, 1.82) is 0 Å². The first-order chi connectivity index (χ1) is 8.98. The molecule has 1 aliphatic rings. The first-order valence-electron chi connectivity index (χ1n) is 6.41. The van der Waals surface area contributed by atoms with Gasteiger partial charge in [0, 0.05) is 18.7 Å². The molecule has 6 nitrogen and oxygen atoms in total. The zero-order valence-electron chi connectivity index (χ0n) is 11.0. The number of nitrogens with one attached hydrogen (secondary N) is 3. The zero-order chi connectivity index (χ0) is 13.9. The van der Waals surface area contributed by atoms with Crippen molar-refractivity contribution >= 4 is 5.91 Å². The Kier molecular flexibility index (Phi) is 3.90. The number of aromatic nitrogens is 1. The quantitative estimate of drug-likeness (QED) is 0.628. The lowest BCUT2D eigenvalue weighted by atomic mass is 9.81. The molecule has 1 saturated heterocycles. The number of hydrogen-bond acceptors (Lipinski definition) is 4. The summed E-state index contributed by atoms with van der Waals surface area (Å²) in [6.07, 6.45) is 2.02. The van der Waals surface area contributed by atoms with Crippen LogP contribution < -0.4 is 16.2 Å². The summed E-state index contributed by atoms with van der Waals surface area (Å²) in [6.45, 7) is 4.63. The molecule has 1 aliphatic heterocycles. The van der Waals surface area contributed by atoms with Crippen molar-refractivity contribution in [1.82, 2.24) is 15.6 Å². The lowest BCUT2D eigenvalue weighted by Crippen LogP contribution is -2.43. The van der Waals surface area contributed by atoms with E-state index >= 15 is 0 Å². The van der Waals surface area contributed by atoms with Crippen LogP contribution in [0.5, 0.6) is 5.88 Å². The Bertz CT molecular complexity index is 518. The van der Waals surface area contributed by atoms with Gasteiger partial charge >= 0.3 is 0 Å². The predicted molar refractivity (Wildman–Crippen MR) is 71.3 cm³/mol. The van der Waals surface area contributed by atoms with Gasteiger partial charge < -0.3 is 15.7 Å². The average molecular weight is 265 g/mol. The molecular weight excluding hydrogens is 246 g/mol. The highest BCUT2D eigenvalue weighted by Gasteiger charge is 2.27. The summed E-state index contributed by atoms with van der Waals surface area (Å²) in [7, 11) is 0. The van der Waals surface area contributed by atoms with Crippen molar-refractivity contribution in [2.75, 3.05) is 19.6 Å². The van der Waals surface area contributed by atoms with Crippen molar-refractivity contribution in [3.8, 4) is 5.88 Å². The third-order valence-electron chi connectivity index (χ3n) is 3.58. The van der Waals surface area contributed by atoms with E-state index in [1.54, 1.807) is 0 Å². The third-order valence-corrected chi connectivity index (χ3v) is 3.58. The molecule has 1 aromatic heterocycles. The van der Waals surface area contributed by atoms with E-state index in [4.69, 9.17) is 0 Å². The van der Waals surface area contributed by atoms with Crippen LogP contribution in [-0.4, -0.2) is 35.6 Å². The van der Waals surface area contributed by atoms with Gasteiger partial charge in [-0.05, 0) is 31.3 Å². The summed E-state index contributed by atoms with van der Waals surface area (Å²) in [5.74, 6) is -0.633. The minimum atomic E-state index is -0.488. The Labute approximate surface area is 111 Å². The van der Waals surface area contributed by atoms with Gasteiger partial charge in [-0.15, -0.1) is 0 Å². The monoisotopic (exact) mass is 265 g/mol. The fraction of sp³-hybridized carbons (Fsp3) is 0.538. The van der Waals surface area contributed by atoms with Crippen LogP contribution in [0.4, 0.5) is 0 Å². The summed E-state index contributed by atoms with van der Waals surface area (Å²) in [5.41, 5.74) is -0.221. The molecule has 0 unspecified atom stereocenters. The van der Waals surface area contributed by atoms with Gasteiger partial charge in [0.15, 0.2) is 5.88 Å². The molecule has 0 radical (unpaired) electrons. The van der Waals surface area contributed by atoms with Crippen LogP contribution in [-0.2, 0) is 0 Å². The molecule has 19 heavy (non-hydrogen) atoms. The van der Waals surface area contributed by atoms with E-state index in [9.17, 15) is 14.7 Å². The van der Waals surface area contributed by atoms with E-state index in [-0.39, 0.29) is 22.8 Å². The maximum atomic E-state index is 11.9. The Balaban J connectivity index is 1.99. The molecule has 6 heteroatoms. The van der Waals surface area contributed by atoms with Crippen LogP contribution >= 0.6 is 0 Å². The van der Waals surface area contributed by atoms with Crippen LogP contribution in [0.25, 0.3) is 0 Å². The maximum Gasteiger partial charge on any atom is 0.251 e. The number of aromatic amines is 1. The second-order valence-electron chi connectivity index (χ2n) is 5.36. The molecule has 1 aromatic rings. The van der Waals surface area contributed by atoms with E-state index in [0.29, 0.717) is 6.54 Å². The summed E-state index contributed by atoms with van der Waals surface area (Å²) in [6, 6.07) is 2.43. The SMILES string of the molecule is CC1(CNC(=O)c2cc(O)[nH]c(=O)c2)CCNCC1. The van der Waals surface area contributed by atoms with E-state index in [1.807, 2.05) is 0 Å². The number of hydrogen-bond donors (Lipinski definition) is 4.